The van der Waals surface area contributed by atoms with Crippen molar-refractivity contribution < 1.29 is 4.74 Å². The lowest BCUT2D eigenvalue weighted by Crippen LogP contribution is -1.98. The number of anilines is 3. The number of halogens is 2. The van der Waals surface area contributed by atoms with E-state index in [2.05, 4.69) is 5.32 Å². The first-order valence-electron chi connectivity index (χ1n) is 5.26. The summed E-state index contributed by atoms with van der Waals surface area (Å²) in [6.45, 7) is 0. The molecule has 0 bridgehead atoms. The summed E-state index contributed by atoms with van der Waals surface area (Å²) in [6.07, 6.45) is 0. The van der Waals surface area contributed by atoms with Crippen LogP contribution in [0, 0.1) is 0 Å². The number of hydrogen-bond acceptors (Lipinski definition) is 3. The third-order valence-corrected chi connectivity index (χ3v) is 2.92. The zero-order valence-electron chi connectivity index (χ0n) is 9.71. The minimum absolute atomic E-state index is 0.599. The van der Waals surface area contributed by atoms with Crippen molar-refractivity contribution in [2.45, 2.75) is 0 Å². The fraction of sp³-hybridized carbons (Fsp3) is 0.0769. The van der Waals surface area contributed by atoms with Crippen molar-refractivity contribution in [2.75, 3.05) is 18.2 Å². The normalized spacial score (nSPS) is 10.2. The average Bonchev–Trinajstić information content (AvgIpc) is 2.34. The molecule has 18 heavy (non-hydrogen) atoms. The van der Waals surface area contributed by atoms with Crippen LogP contribution >= 0.6 is 23.2 Å². The number of hydrogen-bond donors (Lipinski definition) is 2. The summed E-state index contributed by atoms with van der Waals surface area (Å²) >= 11 is 11.9. The molecule has 2 rings (SSSR count). The van der Waals surface area contributed by atoms with Crippen LogP contribution < -0.4 is 15.8 Å². The summed E-state index contributed by atoms with van der Waals surface area (Å²) < 4.78 is 5.25. The van der Waals surface area contributed by atoms with Gasteiger partial charge >= 0.3 is 0 Å². The summed E-state index contributed by atoms with van der Waals surface area (Å²) in [4.78, 5) is 0. The molecule has 5 heteroatoms. The zero-order valence-corrected chi connectivity index (χ0v) is 11.2. The number of ether oxygens (including phenoxy) is 1. The predicted octanol–water partition coefficient (Wildman–Crippen LogP) is 4.33. The fourth-order valence-corrected chi connectivity index (χ4v) is 1.90. The van der Waals surface area contributed by atoms with Crippen molar-refractivity contribution >= 4 is 40.3 Å². The van der Waals surface area contributed by atoms with E-state index in [0.717, 1.165) is 5.69 Å². The molecular weight excluding hydrogens is 271 g/mol. The Morgan fingerprint density at radius 2 is 1.61 bits per heavy atom. The Morgan fingerprint density at radius 3 is 2.28 bits per heavy atom. The lowest BCUT2D eigenvalue weighted by atomic mass is 10.2. The molecule has 0 saturated heterocycles. The first-order valence-corrected chi connectivity index (χ1v) is 6.01. The molecular formula is C13H12Cl2N2O. The van der Waals surface area contributed by atoms with Crippen LogP contribution in [0.15, 0.2) is 36.4 Å². The van der Waals surface area contributed by atoms with Gasteiger partial charge in [0, 0.05) is 10.0 Å². The SMILES string of the molecule is COc1ccc(Cl)cc1Nc1cc(Cl)ccc1N. The quantitative estimate of drug-likeness (QED) is 0.824. The topological polar surface area (TPSA) is 47.3 Å². The maximum absolute atomic E-state index is 5.96. The van der Waals surface area contributed by atoms with E-state index in [-0.39, 0.29) is 0 Å². The Morgan fingerprint density at radius 1 is 1.00 bits per heavy atom. The van der Waals surface area contributed by atoms with Crippen LogP contribution in [0.2, 0.25) is 10.0 Å². The van der Waals surface area contributed by atoms with Crippen molar-refractivity contribution in [1.82, 2.24) is 0 Å². The van der Waals surface area contributed by atoms with Gasteiger partial charge in [0.05, 0.1) is 24.2 Å². The molecule has 0 aliphatic carbocycles. The Bertz CT molecular complexity index is 573. The van der Waals surface area contributed by atoms with E-state index < -0.39 is 0 Å². The maximum Gasteiger partial charge on any atom is 0.142 e. The van der Waals surface area contributed by atoms with Gasteiger partial charge in [-0.1, -0.05) is 23.2 Å². The lowest BCUT2D eigenvalue weighted by Gasteiger charge is -2.13. The number of methoxy groups -OCH3 is 1. The summed E-state index contributed by atoms with van der Waals surface area (Å²) in [6, 6.07) is 10.5. The van der Waals surface area contributed by atoms with E-state index in [0.29, 0.717) is 27.2 Å². The highest BCUT2D eigenvalue weighted by Crippen LogP contribution is 2.33. The molecule has 0 aliphatic rings. The molecule has 0 unspecified atom stereocenters. The minimum atomic E-state index is 0.599. The second-order valence-corrected chi connectivity index (χ2v) is 4.57. The number of nitrogen functional groups attached to an aromatic ring is 1. The summed E-state index contributed by atoms with van der Waals surface area (Å²) in [5.74, 6) is 0.679. The van der Waals surface area contributed by atoms with E-state index in [1.54, 1.807) is 43.5 Å². The van der Waals surface area contributed by atoms with E-state index >= 15 is 0 Å². The predicted molar refractivity (Wildman–Crippen MR) is 77.2 cm³/mol. The third kappa shape index (κ3) is 2.81. The van der Waals surface area contributed by atoms with Gasteiger partial charge in [-0.25, -0.2) is 0 Å². The molecule has 0 aromatic heterocycles. The van der Waals surface area contributed by atoms with Gasteiger partial charge in [-0.15, -0.1) is 0 Å². The van der Waals surface area contributed by atoms with Gasteiger partial charge in [0.15, 0.2) is 0 Å². The monoisotopic (exact) mass is 282 g/mol. The summed E-state index contributed by atoms with van der Waals surface area (Å²) in [7, 11) is 1.59. The van der Waals surface area contributed by atoms with Gasteiger partial charge in [-0.3, -0.25) is 0 Å². The number of rotatable bonds is 3. The lowest BCUT2D eigenvalue weighted by molar-refractivity contribution is 0.417. The zero-order chi connectivity index (χ0) is 13.1. The van der Waals surface area contributed by atoms with Crippen LogP contribution in [-0.2, 0) is 0 Å². The van der Waals surface area contributed by atoms with Crippen molar-refractivity contribution in [3.8, 4) is 5.75 Å². The van der Waals surface area contributed by atoms with E-state index in [1.165, 1.54) is 0 Å². The molecule has 0 radical (unpaired) electrons. The highest BCUT2D eigenvalue weighted by atomic mass is 35.5. The largest absolute Gasteiger partial charge is 0.495 e. The smallest absolute Gasteiger partial charge is 0.142 e. The van der Waals surface area contributed by atoms with Gasteiger partial charge < -0.3 is 15.8 Å². The highest BCUT2D eigenvalue weighted by Gasteiger charge is 2.06. The average molecular weight is 283 g/mol. The van der Waals surface area contributed by atoms with Gasteiger partial charge in [0.2, 0.25) is 0 Å². The number of nitrogens with one attached hydrogen (secondary N) is 1. The van der Waals surface area contributed by atoms with Crippen LogP contribution in [0.3, 0.4) is 0 Å². The molecule has 0 fully saturated rings. The van der Waals surface area contributed by atoms with Gasteiger partial charge in [0.1, 0.15) is 5.75 Å². The Hall–Kier alpha value is -1.58. The Labute approximate surface area is 115 Å². The van der Waals surface area contributed by atoms with Gasteiger partial charge in [-0.2, -0.15) is 0 Å². The second kappa shape index (κ2) is 5.38. The number of benzene rings is 2. The van der Waals surface area contributed by atoms with Gasteiger partial charge in [0.25, 0.3) is 0 Å². The molecule has 0 saturated carbocycles. The molecule has 0 heterocycles. The molecule has 94 valence electrons. The minimum Gasteiger partial charge on any atom is -0.495 e. The van der Waals surface area contributed by atoms with Crippen LogP contribution in [0.5, 0.6) is 5.75 Å². The van der Waals surface area contributed by atoms with Crippen LogP contribution in [-0.4, -0.2) is 7.11 Å². The van der Waals surface area contributed by atoms with Crippen molar-refractivity contribution in [1.29, 1.82) is 0 Å². The second-order valence-electron chi connectivity index (χ2n) is 3.70. The van der Waals surface area contributed by atoms with Crippen LogP contribution in [0.4, 0.5) is 17.1 Å². The highest BCUT2D eigenvalue weighted by molar-refractivity contribution is 6.31. The number of nitrogens with two attached hydrogens (primary N) is 1. The van der Waals surface area contributed by atoms with E-state index in [9.17, 15) is 0 Å². The molecule has 2 aromatic rings. The van der Waals surface area contributed by atoms with Crippen LogP contribution in [0.25, 0.3) is 0 Å². The standard InChI is InChI=1S/C13H12Cl2N2O/c1-18-13-5-3-9(15)7-12(13)17-11-6-8(14)2-4-10(11)16/h2-7,17H,16H2,1H3. The molecule has 0 spiro atoms. The fourth-order valence-electron chi connectivity index (χ4n) is 1.56. The molecule has 0 amide bonds. The third-order valence-electron chi connectivity index (χ3n) is 2.45. The first kappa shape index (κ1) is 12.9. The molecule has 0 atom stereocenters. The van der Waals surface area contributed by atoms with Crippen molar-refractivity contribution in [3.63, 3.8) is 0 Å². The summed E-state index contributed by atoms with van der Waals surface area (Å²) in [5, 5.41) is 4.37. The van der Waals surface area contributed by atoms with E-state index in [1.807, 2.05) is 0 Å². The Balaban J connectivity index is 2.38. The molecule has 2 aromatic carbocycles. The van der Waals surface area contributed by atoms with Gasteiger partial charge in [-0.05, 0) is 36.4 Å². The molecule has 3 nitrogen and oxygen atoms in total. The maximum atomic E-state index is 5.96. The Kier molecular flexibility index (Phi) is 3.84. The van der Waals surface area contributed by atoms with Crippen molar-refractivity contribution in [2.24, 2.45) is 0 Å². The first-order chi connectivity index (χ1) is 8.60. The summed E-state index contributed by atoms with van der Waals surface area (Å²) in [5.41, 5.74) is 7.92. The van der Waals surface area contributed by atoms with Crippen LogP contribution in [0.1, 0.15) is 0 Å². The molecule has 3 N–H and O–H groups in total. The molecule has 0 aliphatic heterocycles. The van der Waals surface area contributed by atoms with Crippen molar-refractivity contribution in [3.05, 3.63) is 46.4 Å². The van der Waals surface area contributed by atoms with E-state index in [4.69, 9.17) is 33.7 Å².